The van der Waals surface area contributed by atoms with E-state index in [-0.39, 0.29) is 18.1 Å². The Morgan fingerprint density at radius 3 is 2.74 bits per heavy atom. The first kappa shape index (κ1) is 28.0. The standard InChI is InChI=1S/C29H27F3N6O3S/c1-28(2)12-18(14-35-28)37-7-8-41-23-10-17(13-33)9-21(25(23)37)20-3-5-34-22-11-19(42-26(20)22)15-38-24(39)4-6-36(27(38)40)16-29(30,31)32/h3-6,9-11,18,35H,7-8,12,14-16H2,1-2H3/t18-/m1/s1. The van der Waals surface area contributed by atoms with E-state index in [1.165, 1.54) is 11.3 Å². The molecule has 1 saturated heterocycles. The van der Waals surface area contributed by atoms with Crippen molar-refractivity contribution in [1.29, 1.82) is 5.26 Å². The Morgan fingerprint density at radius 1 is 1.21 bits per heavy atom. The van der Waals surface area contributed by atoms with Gasteiger partial charge in [-0.15, -0.1) is 11.3 Å². The van der Waals surface area contributed by atoms with Gasteiger partial charge in [0.2, 0.25) is 0 Å². The molecule has 1 atom stereocenters. The molecule has 0 aliphatic carbocycles. The van der Waals surface area contributed by atoms with Crippen LogP contribution in [0.25, 0.3) is 21.3 Å². The molecule has 4 aromatic rings. The zero-order valence-corrected chi connectivity index (χ0v) is 23.7. The molecule has 42 heavy (non-hydrogen) atoms. The molecule has 9 nitrogen and oxygen atoms in total. The number of nitrogens with one attached hydrogen (secondary N) is 1. The Hall–Kier alpha value is -4.15. The number of nitriles is 1. The lowest BCUT2D eigenvalue weighted by Crippen LogP contribution is -2.42. The van der Waals surface area contributed by atoms with Gasteiger partial charge >= 0.3 is 11.9 Å². The number of pyridine rings is 1. The van der Waals surface area contributed by atoms with Crippen molar-refractivity contribution in [3.8, 4) is 22.9 Å². The second-order valence-electron chi connectivity index (χ2n) is 11.2. The van der Waals surface area contributed by atoms with Crippen molar-refractivity contribution in [2.45, 2.75) is 51.1 Å². The van der Waals surface area contributed by atoms with Gasteiger partial charge in [0.25, 0.3) is 5.56 Å². The lowest BCUT2D eigenvalue weighted by molar-refractivity contribution is -0.141. The maximum atomic E-state index is 13.0. The van der Waals surface area contributed by atoms with Gasteiger partial charge in [-0.25, -0.2) is 4.79 Å². The van der Waals surface area contributed by atoms with Crippen molar-refractivity contribution < 1.29 is 17.9 Å². The van der Waals surface area contributed by atoms with E-state index < -0.39 is 24.0 Å². The summed E-state index contributed by atoms with van der Waals surface area (Å²) in [7, 11) is 0. The van der Waals surface area contributed by atoms with Crippen LogP contribution in [-0.4, -0.2) is 51.6 Å². The minimum Gasteiger partial charge on any atom is -0.489 e. The summed E-state index contributed by atoms with van der Waals surface area (Å²) >= 11 is 1.30. The topological polar surface area (TPSA) is 105 Å². The normalized spacial score (nSPS) is 18.1. The van der Waals surface area contributed by atoms with Crippen LogP contribution >= 0.6 is 11.3 Å². The van der Waals surface area contributed by atoms with E-state index in [0.717, 1.165) is 51.3 Å². The van der Waals surface area contributed by atoms with Crippen LogP contribution in [0.3, 0.4) is 0 Å². The van der Waals surface area contributed by atoms with Gasteiger partial charge in [0, 0.05) is 58.7 Å². The summed E-state index contributed by atoms with van der Waals surface area (Å²) < 4.78 is 47.0. The summed E-state index contributed by atoms with van der Waals surface area (Å²) in [5, 5.41) is 13.4. The number of anilines is 1. The molecule has 0 saturated carbocycles. The Morgan fingerprint density at radius 2 is 2.02 bits per heavy atom. The maximum absolute atomic E-state index is 13.0. The number of thiophene rings is 1. The number of halogens is 3. The van der Waals surface area contributed by atoms with Crippen molar-refractivity contribution in [3.63, 3.8) is 0 Å². The van der Waals surface area contributed by atoms with Gasteiger partial charge in [0.15, 0.2) is 0 Å². The molecule has 218 valence electrons. The van der Waals surface area contributed by atoms with E-state index in [1.54, 1.807) is 18.3 Å². The van der Waals surface area contributed by atoms with E-state index in [0.29, 0.717) is 39.4 Å². The lowest BCUT2D eigenvalue weighted by Gasteiger charge is -2.37. The zero-order chi connectivity index (χ0) is 29.8. The summed E-state index contributed by atoms with van der Waals surface area (Å²) in [6, 6.07) is 10.6. The molecule has 0 bridgehead atoms. The quantitative estimate of drug-likeness (QED) is 0.370. The highest BCUT2D eigenvalue weighted by molar-refractivity contribution is 7.19. The Bertz CT molecular complexity index is 1850. The number of ether oxygens (including phenoxy) is 1. The highest BCUT2D eigenvalue weighted by Gasteiger charge is 2.37. The van der Waals surface area contributed by atoms with Gasteiger partial charge in [0.05, 0.1) is 40.6 Å². The van der Waals surface area contributed by atoms with Gasteiger partial charge < -0.3 is 15.0 Å². The number of nitrogens with zero attached hydrogens (tertiary/aromatic N) is 5. The molecule has 0 spiro atoms. The van der Waals surface area contributed by atoms with Crippen LogP contribution in [-0.2, 0) is 13.1 Å². The fourth-order valence-electron chi connectivity index (χ4n) is 5.81. The minimum atomic E-state index is -4.61. The molecule has 0 radical (unpaired) electrons. The number of fused-ring (bicyclic) bond motifs is 2. The van der Waals surface area contributed by atoms with Crippen LogP contribution in [0.4, 0.5) is 18.9 Å². The highest BCUT2D eigenvalue weighted by Crippen LogP contribution is 2.46. The highest BCUT2D eigenvalue weighted by atomic mass is 32.1. The van der Waals surface area contributed by atoms with E-state index in [2.05, 4.69) is 35.1 Å². The number of hydrogen-bond donors (Lipinski definition) is 1. The Kier molecular flexibility index (Phi) is 6.86. The Balaban J connectivity index is 1.45. The smallest absolute Gasteiger partial charge is 0.406 e. The predicted molar refractivity (Wildman–Crippen MR) is 153 cm³/mol. The van der Waals surface area contributed by atoms with Crippen molar-refractivity contribution in [2.75, 3.05) is 24.6 Å². The molecule has 6 rings (SSSR count). The molecule has 13 heteroatoms. The lowest BCUT2D eigenvalue weighted by atomic mass is 9.96. The molecule has 0 amide bonds. The SMILES string of the molecule is CC1(C)C[C@@H](N2CCOc3cc(C#N)cc(-c4ccnc5cc(Cn6c(=O)ccn(CC(F)(F)F)c6=O)sc45)c32)CN1. The fourth-order valence-corrected chi connectivity index (χ4v) is 6.94. The molecule has 2 aliphatic heterocycles. The monoisotopic (exact) mass is 596 g/mol. The summed E-state index contributed by atoms with van der Waals surface area (Å²) in [5.41, 5.74) is 1.80. The first-order valence-corrected chi connectivity index (χ1v) is 14.2. The van der Waals surface area contributed by atoms with E-state index in [4.69, 9.17) is 4.74 Å². The summed E-state index contributed by atoms with van der Waals surface area (Å²) in [6.07, 6.45) is -1.17. The van der Waals surface area contributed by atoms with Crippen LogP contribution < -0.4 is 26.2 Å². The largest absolute Gasteiger partial charge is 0.489 e. The number of hydrogen-bond acceptors (Lipinski definition) is 8. The van der Waals surface area contributed by atoms with Crippen molar-refractivity contribution in [2.24, 2.45) is 0 Å². The summed E-state index contributed by atoms with van der Waals surface area (Å²) in [6.45, 7) is 4.62. The van der Waals surface area contributed by atoms with E-state index in [9.17, 15) is 28.0 Å². The summed E-state index contributed by atoms with van der Waals surface area (Å²) in [5.74, 6) is 0.628. The van der Waals surface area contributed by atoms with Gasteiger partial charge in [-0.3, -0.25) is 18.9 Å². The molecule has 3 aromatic heterocycles. The van der Waals surface area contributed by atoms with Crippen molar-refractivity contribution in [1.82, 2.24) is 19.4 Å². The van der Waals surface area contributed by atoms with Crippen LogP contribution in [0.5, 0.6) is 5.75 Å². The van der Waals surface area contributed by atoms with Crippen LogP contribution in [0, 0.1) is 11.3 Å². The first-order chi connectivity index (χ1) is 19.9. The zero-order valence-electron chi connectivity index (χ0n) is 22.9. The maximum Gasteiger partial charge on any atom is 0.406 e. The Labute approximate surface area is 242 Å². The average Bonchev–Trinajstić information content (AvgIpc) is 3.53. The number of aromatic nitrogens is 3. The third-order valence-electron chi connectivity index (χ3n) is 7.64. The van der Waals surface area contributed by atoms with Gasteiger partial charge in [0.1, 0.15) is 18.9 Å². The molecule has 2 aliphatic rings. The van der Waals surface area contributed by atoms with Crippen LogP contribution in [0.15, 0.2) is 52.3 Å². The van der Waals surface area contributed by atoms with E-state index >= 15 is 0 Å². The first-order valence-electron chi connectivity index (χ1n) is 13.4. The van der Waals surface area contributed by atoms with Crippen molar-refractivity contribution in [3.05, 3.63) is 74.0 Å². The fraction of sp³-hybridized carbons (Fsp3) is 0.379. The molecule has 5 heterocycles. The van der Waals surface area contributed by atoms with Crippen LogP contribution in [0.1, 0.15) is 30.7 Å². The molecule has 1 aromatic carbocycles. The van der Waals surface area contributed by atoms with Crippen LogP contribution in [0.2, 0.25) is 0 Å². The van der Waals surface area contributed by atoms with Gasteiger partial charge in [-0.1, -0.05) is 0 Å². The molecular weight excluding hydrogens is 569 g/mol. The second-order valence-corrected chi connectivity index (χ2v) is 12.3. The molecular formula is C29H27F3N6O3S. The molecule has 1 N–H and O–H groups in total. The van der Waals surface area contributed by atoms with Crippen molar-refractivity contribution >= 4 is 27.2 Å². The second kappa shape index (κ2) is 10.3. The molecule has 1 fully saturated rings. The number of benzene rings is 1. The average molecular weight is 597 g/mol. The number of alkyl halides is 3. The number of rotatable bonds is 5. The minimum absolute atomic E-state index is 0.0172. The predicted octanol–water partition coefficient (Wildman–Crippen LogP) is 4.11. The third-order valence-corrected chi connectivity index (χ3v) is 8.78. The van der Waals surface area contributed by atoms with Gasteiger partial charge in [-0.2, -0.15) is 18.4 Å². The van der Waals surface area contributed by atoms with Gasteiger partial charge in [-0.05, 0) is 38.5 Å². The van der Waals surface area contributed by atoms with E-state index in [1.807, 2.05) is 12.1 Å². The summed E-state index contributed by atoms with van der Waals surface area (Å²) in [4.78, 5) is 32.7. The molecule has 0 unspecified atom stereocenters. The third kappa shape index (κ3) is 5.28.